The minimum absolute atomic E-state index is 0.0777. The van der Waals surface area contributed by atoms with Crippen molar-refractivity contribution in [2.45, 2.75) is 50.2 Å². The van der Waals surface area contributed by atoms with Crippen molar-refractivity contribution in [3.8, 4) is 0 Å². The van der Waals surface area contributed by atoms with E-state index in [-0.39, 0.29) is 25.3 Å². The first kappa shape index (κ1) is 29.1. The minimum Gasteiger partial charge on any atom is -0.481 e. The molecule has 0 saturated carbocycles. The van der Waals surface area contributed by atoms with E-state index < -0.39 is 79.6 Å². The molecule has 16 nitrogen and oxygen atoms in total. The maximum absolute atomic E-state index is 12.6. The number of carboxylic acid groups (broad SMARTS) is 3. The number of nitrogens with zero attached hydrogens (tertiary/aromatic N) is 1. The van der Waals surface area contributed by atoms with Crippen LogP contribution in [-0.2, 0) is 28.8 Å². The maximum atomic E-state index is 12.6. The van der Waals surface area contributed by atoms with Gasteiger partial charge in [0.1, 0.15) is 18.1 Å². The average Bonchev–Trinajstić information content (AvgIpc) is 2.71. The Balaban J connectivity index is 5.41. The van der Waals surface area contributed by atoms with Gasteiger partial charge < -0.3 is 48.5 Å². The fraction of sp³-hybridized carbons (Fsp3) is 0.588. The molecule has 186 valence electrons. The molecule has 16 heteroatoms. The third-order valence-electron chi connectivity index (χ3n) is 4.06. The second kappa shape index (κ2) is 15.0. The number of aliphatic carboxylic acids is 3. The summed E-state index contributed by atoms with van der Waals surface area (Å²) in [6.07, 6.45) is -1.73. The first-order chi connectivity index (χ1) is 15.4. The van der Waals surface area contributed by atoms with E-state index in [1.807, 2.05) is 0 Å². The summed E-state index contributed by atoms with van der Waals surface area (Å²) in [5.41, 5.74) is 15.5. The van der Waals surface area contributed by atoms with Gasteiger partial charge in [0.25, 0.3) is 0 Å². The van der Waals surface area contributed by atoms with Crippen molar-refractivity contribution >= 4 is 41.6 Å². The summed E-state index contributed by atoms with van der Waals surface area (Å²) in [7, 11) is 0. The minimum atomic E-state index is -1.60. The Morgan fingerprint density at radius 3 is 1.85 bits per heavy atom. The molecule has 3 amide bonds. The smallest absolute Gasteiger partial charge is 0.326 e. The van der Waals surface area contributed by atoms with Gasteiger partial charge in [0.15, 0.2) is 5.96 Å². The summed E-state index contributed by atoms with van der Waals surface area (Å²) in [6.45, 7) is -0.439. The van der Waals surface area contributed by atoms with Gasteiger partial charge in [-0.3, -0.25) is 29.0 Å². The molecule has 0 aromatic rings. The van der Waals surface area contributed by atoms with Gasteiger partial charge in [-0.05, 0) is 19.3 Å². The number of carboxylic acids is 3. The highest BCUT2D eigenvalue weighted by Gasteiger charge is 2.30. The van der Waals surface area contributed by atoms with Crippen LogP contribution >= 0.6 is 0 Å². The van der Waals surface area contributed by atoms with Gasteiger partial charge in [0.05, 0.1) is 13.0 Å². The van der Waals surface area contributed by atoms with Gasteiger partial charge in [-0.15, -0.1) is 0 Å². The number of hydrogen-bond acceptors (Lipinski definition) is 8. The van der Waals surface area contributed by atoms with E-state index in [2.05, 4.69) is 20.9 Å². The number of nitrogens with one attached hydrogen (secondary N) is 3. The molecular weight excluding hydrogens is 446 g/mol. The van der Waals surface area contributed by atoms with Crippen molar-refractivity contribution < 1.29 is 44.1 Å². The largest absolute Gasteiger partial charge is 0.481 e. The van der Waals surface area contributed by atoms with Gasteiger partial charge in [0.2, 0.25) is 17.7 Å². The third-order valence-corrected chi connectivity index (χ3v) is 4.06. The zero-order valence-electron chi connectivity index (χ0n) is 17.7. The number of aliphatic imine (C=N–C) groups is 1. The molecule has 0 rings (SSSR count). The fourth-order valence-electron chi connectivity index (χ4n) is 2.48. The second-order valence-electron chi connectivity index (χ2n) is 6.76. The van der Waals surface area contributed by atoms with E-state index in [1.54, 1.807) is 0 Å². The summed E-state index contributed by atoms with van der Waals surface area (Å²) in [5.74, 6) is -7.27. The maximum Gasteiger partial charge on any atom is 0.326 e. The molecule has 12 N–H and O–H groups in total. The number of rotatable bonds is 16. The van der Waals surface area contributed by atoms with Gasteiger partial charge in [-0.25, -0.2) is 4.79 Å². The van der Waals surface area contributed by atoms with Crippen LogP contribution in [0.3, 0.4) is 0 Å². The van der Waals surface area contributed by atoms with Crippen LogP contribution in [-0.4, -0.2) is 88.1 Å². The number of amides is 3. The zero-order chi connectivity index (χ0) is 25.6. The van der Waals surface area contributed by atoms with Crippen molar-refractivity contribution in [3.05, 3.63) is 0 Å². The zero-order valence-corrected chi connectivity index (χ0v) is 17.7. The van der Waals surface area contributed by atoms with Crippen LogP contribution in [0.1, 0.15) is 32.1 Å². The number of guanidine groups is 1. The summed E-state index contributed by atoms with van der Waals surface area (Å²) >= 11 is 0. The number of carbonyl (C=O) groups is 6. The molecule has 0 aromatic carbocycles. The molecule has 3 unspecified atom stereocenters. The molecule has 0 aliphatic heterocycles. The highest BCUT2D eigenvalue weighted by molar-refractivity contribution is 5.95. The normalized spacial score (nSPS) is 13.0. The predicted octanol–water partition coefficient (Wildman–Crippen LogP) is -4.12. The van der Waals surface area contributed by atoms with E-state index in [1.165, 1.54) is 0 Å². The van der Waals surface area contributed by atoms with Crippen molar-refractivity contribution in [1.29, 1.82) is 0 Å². The van der Waals surface area contributed by atoms with Crippen LogP contribution in [0, 0.1) is 0 Å². The summed E-state index contributed by atoms with van der Waals surface area (Å²) in [4.78, 5) is 73.6. The van der Waals surface area contributed by atoms with Crippen LogP contribution in [0.15, 0.2) is 4.99 Å². The Bertz CT molecular complexity index is 768. The number of carbonyl (C=O) groups excluding carboxylic acids is 3. The van der Waals surface area contributed by atoms with Crippen LogP contribution < -0.4 is 33.2 Å². The van der Waals surface area contributed by atoms with Crippen molar-refractivity contribution in [2.75, 3.05) is 13.1 Å². The lowest BCUT2D eigenvalue weighted by atomic mass is 10.1. The summed E-state index contributed by atoms with van der Waals surface area (Å²) < 4.78 is 0. The Morgan fingerprint density at radius 2 is 1.36 bits per heavy atom. The first-order valence-corrected chi connectivity index (χ1v) is 9.69. The molecule has 3 atom stereocenters. The van der Waals surface area contributed by atoms with E-state index in [4.69, 9.17) is 27.4 Å². The molecule has 0 spiro atoms. The lowest BCUT2D eigenvalue weighted by molar-refractivity contribution is -0.143. The van der Waals surface area contributed by atoms with Crippen molar-refractivity contribution in [3.63, 3.8) is 0 Å². The quantitative estimate of drug-likeness (QED) is 0.0584. The Hall–Kier alpha value is -3.95. The molecule has 0 fully saturated rings. The second-order valence-corrected chi connectivity index (χ2v) is 6.76. The molecule has 33 heavy (non-hydrogen) atoms. The molecule has 0 aliphatic carbocycles. The van der Waals surface area contributed by atoms with Crippen LogP contribution in [0.5, 0.6) is 0 Å². The van der Waals surface area contributed by atoms with E-state index in [0.29, 0.717) is 0 Å². The summed E-state index contributed by atoms with van der Waals surface area (Å²) in [6, 6.07) is -4.53. The van der Waals surface area contributed by atoms with Crippen molar-refractivity contribution in [2.24, 2.45) is 22.2 Å². The van der Waals surface area contributed by atoms with Gasteiger partial charge in [-0.2, -0.15) is 0 Å². The highest BCUT2D eigenvalue weighted by Crippen LogP contribution is 2.05. The third kappa shape index (κ3) is 13.1. The molecule has 0 saturated heterocycles. The topological polar surface area (TPSA) is 290 Å². The van der Waals surface area contributed by atoms with Crippen LogP contribution in [0.25, 0.3) is 0 Å². The lowest BCUT2D eigenvalue weighted by Crippen LogP contribution is -2.56. The molecule has 0 radical (unpaired) electrons. The van der Waals surface area contributed by atoms with E-state index in [0.717, 1.165) is 0 Å². The molecule has 0 aliphatic rings. The predicted molar refractivity (Wildman–Crippen MR) is 112 cm³/mol. The standard InChI is InChI=1S/C17H29N7O9/c18-7-11(25)22-10(6-13(28)29)15(31)23-8(3-4-12(26)27)14(30)24-9(16(32)33)2-1-5-21-17(19)20/h8-10H,1-7,18H2,(H,22,25)(H,23,31)(H,24,30)(H,26,27)(H,28,29)(H,32,33)(H4,19,20,21). The Kier molecular flexibility index (Phi) is 13.2. The van der Waals surface area contributed by atoms with Gasteiger partial charge in [0, 0.05) is 13.0 Å². The van der Waals surface area contributed by atoms with E-state index >= 15 is 0 Å². The molecule has 0 heterocycles. The fourth-order valence-corrected chi connectivity index (χ4v) is 2.48. The highest BCUT2D eigenvalue weighted by atomic mass is 16.4. The van der Waals surface area contributed by atoms with Crippen LogP contribution in [0.4, 0.5) is 0 Å². The SMILES string of the molecule is NCC(=O)NC(CC(=O)O)C(=O)NC(CCC(=O)O)C(=O)NC(CCCN=C(N)N)C(=O)O. The first-order valence-electron chi connectivity index (χ1n) is 9.69. The van der Waals surface area contributed by atoms with Gasteiger partial charge >= 0.3 is 17.9 Å². The summed E-state index contributed by atoms with van der Waals surface area (Å²) in [5, 5.41) is 33.6. The Labute approximate surface area is 187 Å². The van der Waals surface area contributed by atoms with E-state index in [9.17, 15) is 33.9 Å². The number of nitrogens with two attached hydrogens (primary N) is 3. The Morgan fingerprint density at radius 1 is 0.788 bits per heavy atom. The average molecular weight is 475 g/mol. The number of hydrogen-bond donors (Lipinski definition) is 9. The van der Waals surface area contributed by atoms with Crippen molar-refractivity contribution in [1.82, 2.24) is 16.0 Å². The van der Waals surface area contributed by atoms with Crippen LogP contribution in [0.2, 0.25) is 0 Å². The monoisotopic (exact) mass is 475 g/mol. The molecule has 0 aromatic heterocycles. The molecular formula is C17H29N7O9. The van der Waals surface area contributed by atoms with Gasteiger partial charge in [-0.1, -0.05) is 0 Å². The lowest BCUT2D eigenvalue weighted by Gasteiger charge is -2.23. The molecule has 0 bridgehead atoms.